The highest BCUT2D eigenvalue weighted by atomic mass is 35.5. The molecule has 2 heterocycles. The number of halogens is 3. The second-order valence-electron chi connectivity index (χ2n) is 7.97. The highest BCUT2D eigenvalue weighted by Crippen LogP contribution is 2.35. The maximum Gasteiger partial charge on any atom is 0.355 e. The van der Waals surface area contributed by atoms with Gasteiger partial charge in [0.25, 0.3) is 12.0 Å². The van der Waals surface area contributed by atoms with E-state index in [2.05, 4.69) is 15.9 Å². The van der Waals surface area contributed by atoms with Crippen LogP contribution in [0.4, 0.5) is 8.78 Å². The van der Waals surface area contributed by atoms with Crippen LogP contribution < -0.4 is 10.3 Å². The number of carboxylic acids is 1. The molecule has 0 aliphatic heterocycles. The molecule has 11 heteroatoms. The Morgan fingerprint density at radius 3 is 2.66 bits per heavy atom. The number of fused-ring (bicyclic) bond motifs is 1. The fourth-order valence-electron chi connectivity index (χ4n) is 4.08. The van der Waals surface area contributed by atoms with Gasteiger partial charge in [-0.2, -0.15) is 5.26 Å². The molecule has 0 fully saturated rings. The molecule has 1 N–H and O–H groups in total. The number of carbonyl (C=O) groups is 1. The van der Waals surface area contributed by atoms with E-state index in [1.165, 1.54) is 22.9 Å². The molecule has 0 aliphatic rings. The number of ether oxygens (including phenoxy) is 1. The molecular formula is C27H17ClF2N4O4. The average Bonchev–Trinajstić information content (AvgIpc) is 2.89. The molecule has 0 atom stereocenters. The van der Waals surface area contributed by atoms with Crippen molar-refractivity contribution in [1.82, 2.24) is 14.5 Å². The molecule has 8 nitrogen and oxygen atoms in total. The average molecular weight is 535 g/mol. The third kappa shape index (κ3) is 4.77. The van der Waals surface area contributed by atoms with Gasteiger partial charge in [0.1, 0.15) is 24.3 Å². The summed E-state index contributed by atoms with van der Waals surface area (Å²) in [4.78, 5) is 33.0. The summed E-state index contributed by atoms with van der Waals surface area (Å²) < 4.78 is 34.0. The van der Waals surface area contributed by atoms with Crippen LogP contribution >= 0.6 is 11.6 Å². The standard InChI is InChI=1S/C27H17ClF2N4O4/c1-3-16-17(8-9-32-24(16)27(36)37)19-12-15(28)4-7-22(19)38-11-10-34-14(2)33-21-6-5-18(25(29)30)20(13-31)23(21)26(34)35/h1,4-9,12,25H,10-11H2,2H3,(H,36,37). The first-order chi connectivity index (χ1) is 18.2. The molecule has 0 saturated carbocycles. The minimum absolute atomic E-state index is 0.0296. The van der Waals surface area contributed by atoms with E-state index in [4.69, 9.17) is 22.8 Å². The highest BCUT2D eigenvalue weighted by molar-refractivity contribution is 6.31. The van der Waals surface area contributed by atoms with E-state index in [1.807, 2.05) is 0 Å². The summed E-state index contributed by atoms with van der Waals surface area (Å²) in [5, 5.41) is 19.1. The van der Waals surface area contributed by atoms with Crippen molar-refractivity contribution in [2.24, 2.45) is 0 Å². The van der Waals surface area contributed by atoms with Gasteiger partial charge >= 0.3 is 5.97 Å². The summed E-state index contributed by atoms with van der Waals surface area (Å²) in [5.74, 6) is 1.65. The summed E-state index contributed by atoms with van der Waals surface area (Å²) in [6.07, 6.45) is 3.95. The van der Waals surface area contributed by atoms with Crippen LogP contribution in [-0.2, 0) is 6.54 Å². The van der Waals surface area contributed by atoms with Crippen molar-refractivity contribution >= 4 is 28.5 Å². The number of pyridine rings is 1. The first-order valence-corrected chi connectivity index (χ1v) is 11.4. The van der Waals surface area contributed by atoms with Gasteiger partial charge in [-0.05, 0) is 43.3 Å². The Bertz CT molecular complexity index is 1740. The Hall–Kier alpha value is -4.80. The number of rotatable bonds is 7. The summed E-state index contributed by atoms with van der Waals surface area (Å²) in [7, 11) is 0. The molecular weight excluding hydrogens is 518 g/mol. The number of alkyl halides is 2. The molecule has 0 bridgehead atoms. The van der Waals surface area contributed by atoms with Crippen molar-refractivity contribution in [1.29, 1.82) is 5.26 Å². The number of hydrogen-bond acceptors (Lipinski definition) is 6. The van der Waals surface area contributed by atoms with Crippen LogP contribution in [0.1, 0.15) is 39.4 Å². The maximum absolute atomic E-state index is 13.4. The Kier molecular flexibility index (Phi) is 7.38. The largest absolute Gasteiger partial charge is 0.491 e. The predicted octanol–water partition coefficient (Wildman–Crippen LogP) is 4.99. The molecule has 38 heavy (non-hydrogen) atoms. The first kappa shape index (κ1) is 26.3. The van der Waals surface area contributed by atoms with E-state index >= 15 is 0 Å². The summed E-state index contributed by atoms with van der Waals surface area (Å²) in [6, 6.07) is 10.3. The topological polar surface area (TPSA) is 118 Å². The minimum atomic E-state index is -2.93. The Morgan fingerprint density at radius 2 is 2.00 bits per heavy atom. The van der Waals surface area contributed by atoms with Crippen LogP contribution in [0.25, 0.3) is 22.0 Å². The van der Waals surface area contributed by atoms with Crippen LogP contribution in [0.15, 0.2) is 47.4 Å². The molecule has 0 radical (unpaired) electrons. The Labute approximate surface area is 219 Å². The molecule has 2 aromatic carbocycles. The molecule has 0 spiro atoms. The minimum Gasteiger partial charge on any atom is -0.491 e. The van der Waals surface area contributed by atoms with Gasteiger partial charge in [0, 0.05) is 27.9 Å². The van der Waals surface area contributed by atoms with Gasteiger partial charge in [0.2, 0.25) is 0 Å². The van der Waals surface area contributed by atoms with E-state index in [1.54, 1.807) is 31.2 Å². The van der Waals surface area contributed by atoms with Gasteiger partial charge in [-0.3, -0.25) is 9.36 Å². The number of nitrogens with zero attached hydrogens (tertiary/aromatic N) is 4. The van der Waals surface area contributed by atoms with Crippen LogP contribution in [-0.4, -0.2) is 32.2 Å². The first-order valence-electron chi connectivity index (χ1n) is 11.0. The molecule has 0 unspecified atom stereocenters. The van der Waals surface area contributed by atoms with Crippen molar-refractivity contribution in [3.05, 3.63) is 86.2 Å². The van der Waals surface area contributed by atoms with Crippen LogP contribution in [0.5, 0.6) is 5.75 Å². The normalized spacial score (nSPS) is 10.8. The number of carboxylic acid groups (broad SMARTS) is 1. The third-order valence-corrected chi connectivity index (χ3v) is 6.03. The fourth-order valence-corrected chi connectivity index (χ4v) is 4.25. The third-order valence-electron chi connectivity index (χ3n) is 5.80. The predicted molar refractivity (Wildman–Crippen MR) is 135 cm³/mol. The monoisotopic (exact) mass is 534 g/mol. The maximum atomic E-state index is 13.4. The lowest BCUT2D eigenvalue weighted by Crippen LogP contribution is -2.27. The summed E-state index contributed by atoms with van der Waals surface area (Å²) >= 11 is 6.18. The highest BCUT2D eigenvalue weighted by Gasteiger charge is 2.21. The summed E-state index contributed by atoms with van der Waals surface area (Å²) in [5.41, 5.74) is -0.980. The van der Waals surface area contributed by atoms with E-state index < -0.39 is 29.1 Å². The van der Waals surface area contributed by atoms with Crippen LogP contribution in [0, 0.1) is 30.6 Å². The molecule has 0 amide bonds. The van der Waals surface area contributed by atoms with Gasteiger partial charge in [-0.15, -0.1) is 6.42 Å². The second-order valence-corrected chi connectivity index (χ2v) is 8.41. The zero-order valence-corrected chi connectivity index (χ0v) is 20.5. The number of aryl methyl sites for hydroxylation is 1. The lowest BCUT2D eigenvalue weighted by Gasteiger charge is -2.16. The van der Waals surface area contributed by atoms with E-state index in [-0.39, 0.29) is 35.3 Å². The smallest absolute Gasteiger partial charge is 0.355 e. The molecule has 0 aliphatic carbocycles. The van der Waals surface area contributed by atoms with Gasteiger partial charge in [0.15, 0.2) is 5.69 Å². The number of terminal acetylenes is 1. The molecule has 2 aromatic heterocycles. The molecule has 190 valence electrons. The van der Waals surface area contributed by atoms with Crippen molar-refractivity contribution in [3.63, 3.8) is 0 Å². The van der Waals surface area contributed by atoms with E-state index in [0.29, 0.717) is 27.7 Å². The second kappa shape index (κ2) is 10.7. The Morgan fingerprint density at radius 1 is 1.24 bits per heavy atom. The number of hydrogen-bond donors (Lipinski definition) is 1. The van der Waals surface area contributed by atoms with Crippen molar-refractivity contribution in [2.75, 3.05) is 6.61 Å². The quantitative estimate of drug-likeness (QED) is 0.332. The van der Waals surface area contributed by atoms with Gasteiger partial charge < -0.3 is 9.84 Å². The zero-order chi connectivity index (χ0) is 27.6. The fraction of sp³-hybridized carbons (Fsp3) is 0.148. The van der Waals surface area contributed by atoms with Crippen LogP contribution in [0.2, 0.25) is 5.02 Å². The molecule has 4 rings (SSSR count). The van der Waals surface area contributed by atoms with Gasteiger partial charge in [-0.25, -0.2) is 23.5 Å². The molecule has 4 aromatic rings. The SMILES string of the molecule is C#Cc1c(-c2cc(Cl)ccc2OCCn2c(C)nc3ccc(C(F)F)c(C#N)c3c2=O)ccnc1C(=O)O. The number of aromatic carboxylic acids is 1. The van der Waals surface area contributed by atoms with Crippen molar-refractivity contribution in [2.45, 2.75) is 19.9 Å². The van der Waals surface area contributed by atoms with Gasteiger partial charge in [-0.1, -0.05) is 17.5 Å². The lowest BCUT2D eigenvalue weighted by atomic mass is 9.98. The van der Waals surface area contributed by atoms with E-state index in [9.17, 15) is 28.7 Å². The number of nitriles is 1. The zero-order valence-electron chi connectivity index (χ0n) is 19.7. The van der Waals surface area contributed by atoms with Crippen molar-refractivity contribution in [3.8, 4) is 35.3 Å². The Balaban J connectivity index is 1.71. The molecule has 0 saturated heterocycles. The number of benzene rings is 2. The van der Waals surface area contributed by atoms with Crippen LogP contribution in [0.3, 0.4) is 0 Å². The lowest BCUT2D eigenvalue weighted by molar-refractivity contribution is 0.0690. The van der Waals surface area contributed by atoms with Crippen molar-refractivity contribution < 1.29 is 23.4 Å². The van der Waals surface area contributed by atoms with E-state index in [0.717, 1.165) is 6.07 Å². The number of aromatic nitrogens is 3. The summed E-state index contributed by atoms with van der Waals surface area (Å²) in [6.45, 7) is 1.48. The van der Waals surface area contributed by atoms with Gasteiger partial charge in [0.05, 0.1) is 28.6 Å².